The Morgan fingerprint density at radius 2 is 2.10 bits per heavy atom. The van der Waals surface area contributed by atoms with Crippen LogP contribution in [0.4, 0.5) is 4.79 Å². The van der Waals surface area contributed by atoms with E-state index < -0.39 is 17.0 Å². The van der Waals surface area contributed by atoms with Gasteiger partial charge in [-0.2, -0.15) is 0 Å². The van der Waals surface area contributed by atoms with Gasteiger partial charge in [0.1, 0.15) is 0 Å². The molecule has 0 aliphatic heterocycles. The second-order valence-electron chi connectivity index (χ2n) is 1.09. The number of hydrogen-bond acceptors (Lipinski definition) is 5. The predicted molar refractivity (Wildman–Crippen MR) is 35.5 cm³/mol. The van der Waals surface area contributed by atoms with Gasteiger partial charge in [-0.05, 0) is 6.92 Å². The van der Waals surface area contributed by atoms with E-state index in [1.165, 1.54) is 4.72 Å². The highest BCUT2D eigenvalue weighted by Crippen LogP contribution is 1.73. The van der Waals surface area contributed by atoms with Gasteiger partial charge in [0.2, 0.25) is 10.9 Å². The van der Waals surface area contributed by atoms with Gasteiger partial charge in [-0.25, -0.2) is 17.9 Å². The van der Waals surface area contributed by atoms with Crippen molar-refractivity contribution in [3.8, 4) is 0 Å². The van der Waals surface area contributed by atoms with Gasteiger partial charge in [-0.3, -0.25) is 0 Å². The molecule has 0 saturated heterocycles. The Balaban J connectivity index is 0. The van der Waals surface area contributed by atoms with Crippen LogP contribution in [-0.4, -0.2) is 21.1 Å². The minimum absolute atomic E-state index is 0. The lowest BCUT2D eigenvalue weighted by Crippen LogP contribution is -2.22. The summed E-state index contributed by atoms with van der Waals surface area (Å²) in [5, 5.41) is 0. The van der Waals surface area contributed by atoms with Gasteiger partial charge in [0.15, 0.2) is 0 Å². The van der Waals surface area contributed by atoms with Crippen LogP contribution in [0.25, 0.3) is 0 Å². The molecule has 0 aromatic carbocycles. The number of thiol groups is 1. The molecule has 10 heavy (non-hydrogen) atoms. The normalized spacial score (nSPS) is 8.20. The maximum atomic E-state index is 10.1. The monoisotopic (exact) mass is 170 g/mol. The maximum Gasteiger partial charge on any atom is 0.420 e. The molecule has 62 valence electrons. The molecule has 0 bridgehead atoms. The number of carbonyl (C=O) groups is 1. The molecule has 0 atom stereocenters. The average molecular weight is 170 g/mol. The first-order valence-corrected chi connectivity index (χ1v) is 3.42. The SMILES string of the molecule is CCOC(=O)N[SH](=O)=O.N. The standard InChI is InChI=1S/C3H7NO4S.H3N/c1-2-8-3(5)4-9(6)7;/h9H,2H2,1H3,(H,4,5,6,7);1H3. The van der Waals surface area contributed by atoms with Crippen molar-refractivity contribution in [1.29, 1.82) is 0 Å². The van der Waals surface area contributed by atoms with Crippen molar-refractivity contribution in [3.63, 3.8) is 0 Å². The molecule has 0 unspecified atom stereocenters. The van der Waals surface area contributed by atoms with E-state index in [9.17, 15) is 13.2 Å². The Labute approximate surface area is 60.2 Å². The summed E-state index contributed by atoms with van der Waals surface area (Å²) in [6.07, 6.45) is -0.936. The first-order valence-electron chi connectivity index (χ1n) is 2.24. The third kappa shape index (κ3) is 7.18. The summed E-state index contributed by atoms with van der Waals surface area (Å²) in [4.78, 5) is 10.1. The average Bonchev–Trinajstić information content (AvgIpc) is 1.63. The van der Waals surface area contributed by atoms with Crippen molar-refractivity contribution in [1.82, 2.24) is 10.9 Å². The van der Waals surface area contributed by atoms with Gasteiger partial charge >= 0.3 is 6.09 Å². The van der Waals surface area contributed by atoms with Crippen LogP contribution in [0.1, 0.15) is 6.92 Å². The second kappa shape index (κ2) is 6.30. The van der Waals surface area contributed by atoms with E-state index in [4.69, 9.17) is 0 Å². The molecule has 0 heterocycles. The van der Waals surface area contributed by atoms with Crippen molar-refractivity contribution < 1.29 is 17.9 Å². The van der Waals surface area contributed by atoms with Crippen molar-refractivity contribution in [2.45, 2.75) is 6.92 Å². The van der Waals surface area contributed by atoms with Crippen LogP contribution < -0.4 is 10.9 Å². The molecule has 0 aliphatic carbocycles. The first kappa shape index (κ1) is 11.9. The van der Waals surface area contributed by atoms with Crippen molar-refractivity contribution in [2.75, 3.05) is 6.61 Å². The molecule has 0 saturated carbocycles. The summed E-state index contributed by atoms with van der Waals surface area (Å²) < 4.78 is 25.2. The van der Waals surface area contributed by atoms with E-state index in [0.717, 1.165) is 0 Å². The third-order valence-electron chi connectivity index (χ3n) is 0.458. The Hall–Kier alpha value is -0.820. The predicted octanol–water partition coefficient (Wildman–Crippen LogP) is -0.579. The summed E-state index contributed by atoms with van der Waals surface area (Å²) in [5.74, 6) is 0. The van der Waals surface area contributed by atoms with Crippen LogP contribution in [0.3, 0.4) is 0 Å². The number of hydrogen-bond donors (Lipinski definition) is 3. The minimum atomic E-state index is -2.88. The molecule has 0 rings (SSSR count). The molecule has 6 nitrogen and oxygen atoms in total. The number of carbonyl (C=O) groups excluding carboxylic acids is 1. The summed E-state index contributed by atoms with van der Waals surface area (Å²) in [7, 11) is -2.88. The molecule has 7 heteroatoms. The van der Waals surface area contributed by atoms with E-state index in [-0.39, 0.29) is 12.8 Å². The zero-order valence-corrected chi connectivity index (χ0v) is 6.39. The number of amides is 1. The largest absolute Gasteiger partial charge is 0.449 e. The fourth-order valence-electron chi connectivity index (χ4n) is 0.238. The number of nitrogens with one attached hydrogen (secondary N) is 1. The molecule has 0 radical (unpaired) electrons. The summed E-state index contributed by atoms with van der Waals surface area (Å²) in [6.45, 7) is 1.74. The topological polar surface area (TPSA) is 107 Å². The van der Waals surface area contributed by atoms with Crippen LogP contribution in [-0.2, 0) is 15.6 Å². The molecule has 4 N–H and O–H groups in total. The number of rotatable bonds is 2. The van der Waals surface area contributed by atoms with Crippen LogP contribution in [0.5, 0.6) is 0 Å². The van der Waals surface area contributed by atoms with Crippen molar-refractivity contribution in [3.05, 3.63) is 0 Å². The Bertz CT molecular complexity index is 158. The summed E-state index contributed by atoms with van der Waals surface area (Å²) in [5.41, 5.74) is 0. The van der Waals surface area contributed by atoms with Gasteiger partial charge in [-0.1, -0.05) is 0 Å². The van der Waals surface area contributed by atoms with Gasteiger partial charge < -0.3 is 10.9 Å². The molecular formula is C3H10N2O4S. The quantitative estimate of drug-likeness (QED) is 0.480. The lowest BCUT2D eigenvalue weighted by atomic mass is 10.9. The highest BCUT2D eigenvalue weighted by atomic mass is 32.2. The van der Waals surface area contributed by atoms with Crippen LogP contribution in [0.15, 0.2) is 0 Å². The van der Waals surface area contributed by atoms with Gasteiger partial charge in [0.05, 0.1) is 6.61 Å². The van der Waals surface area contributed by atoms with Crippen LogP contribution >= 0.6 is 0 Å². The molecule has 1 amide bonds. The number of ether oxygens (including phenoxy) is 1. The Morgan fingerprint density at radius 3 is 2.40 bits per heavy atom. The summed E-state index contributed by atoms with van der Waals surface area (Å²) >= 11 is 0. The van der Waals surface area contributed by atoms with Gasteiger partial charge in [0, 0.05) is 0 Å². The zero-order chi connectivity index (χ0) is 7.28. The second-order valence-corrected chi connectivity index (χ2v) is 1.83. The fraction of sp³-hybridized carbons (Fsp3) is 0.667. The van der Waals surface area contributed by atoms with Gasteiger partial charge in [-0.15, -0.1) is 0 Å². The molecule has 0 spiro atoms. The van der Waals surface area contributed by atoms with Gasteiger partial charge in [0.25, 0.3) is 0 Å². The fourth-order valence-corrected chi connectivity index (χ4v) is 0.452. The zero-order valence-electron chi connectivity index (χ0n) is 5.49. The highest BCUT2D eigenvalue weighted by Gasteiger charge is 1.96. The molecule has 0 aliphatic rings. The lowest BCUT2D eigenvalue weighted by molar-refractivity contribution is 0.159. The minimum Gasteiger partial charge on any atom is -0.449 e. The molecule has 0 aromatic heterocycles. The Kier molecular flexibility index (Phi) is 7.51. The molecule has 0 fully saturated rings. The maximum absolute atomic E-state index is 10.1. The van der Waals surface area contributed by atoms with Crippen LogP contribution in [0.2, 0.25) is 0 Å². The summed E-state index contributed by atoms with van der Waals surface area (Å²) in [6, 6.07) is 0. The van der Waals surface area contributed by atoms with E-state index in [1.54, 1.807) is 6.92 Å². The Morgan fingerprint density at radius 1 is 1.60 bits per heavy atom. The third-order valence-corrected chi connectivity index (χ3v) is 0.823. The van der Waals surface area contributed by atoms with E-state index >= 15 is 0 Å². The molecule has 0 aromatic rings. The van der Waals surface area contributed by atoms with E-state index in [1.807, 2.05) is 0 Å². The molecular weight excluding hydrogens is 160 g/mol. The van der Waals surface area contributed by atoms with Crippen LogP contribution in [0, 0.1) is 0 Å². The van der Waals surface area contributed by atoms with E-state index in [0.29, 0.717) is 0 Å². The smallest absolute Gasteiger partial charge is 0.420 e. The highest BCUT2D eigenvalue weighted by molar-refractivity contribution is 7.70. The van der Waals surface area contributed by atoms with Crippen molar-refractivity contribution >= 4 is 17.0 Å². The van der Waals surface area contributed by atoms with Crippen molar-refractivity contribution in [2.24, 2.45) is 0 Å². The first-order chi connectivity index (χ1) is 4.16. The lowest BCUT2D eigenvalue weighted by Gasteiger charge is -1.95. The van der Waals surface area contributed by atoms with E-state index in [2.05, 4.69) is 4.74 Å².